The van der Waals surface area contributed by atoms with Crippen LogP contribution in [0.3, 0.4) is 0 Å². The maximum atomic E-state index is 13.0. The van der Waals surface area contributed by atoms with Gasteiger partial charge in [0.05, 0.1) is 23.6 Å². The van der Waals surface area contributed by atoms with Crippen LogP contribution in [0.2, 0.25) is 0 Å². The molecule has 1 unspecified atom stereocenters. The molecule has 3 aromatic rings. The molecular weight excluding hydrogens is 352 g/mol. The Bertz CT molecular complexity index is 974. The summed E-state index contributed by atoms with van der Waals surface area (Å²) in [5.41, 5.74) is 6.49. The van der Waals surface area contributed by atoms with Gasteiger partial charge in [0.15, 0.2) is 0 Å². The van der Waals surface area contributed by atoms with Gasteiger partial charge in [-0.25, -0.2) is 0 Å². The van der Waals surface area contributed by atoms with Crippen molar-refractivity contribution in [2.45, 2.75) is 52.6 Å². The molecule has 0 aromatic carbocycles. The minimum Gasteiger partial charge on any atom is -0.334 e. The average Bonchev–Trinajstić information content (AvgIpc) is 3.43. The summed E-state index contributed by atoms with van der Waals surface area (Å²) >= 11 is 0. The van der Waals surface area contributed by atoms with Gasteiger partial charge in [-0.05, 0) is 56.9 Å². The van der Waals surface area contributed by atoms with Crippen molar-refractivity contribution in [2.75, 3.05) is 6.54 Å². The van der Waals surface area contributed by atoms with Crippen LogP contribution >= 0.6 is 0 Å². The molecule has 1 fully saturated rings. The Hall–Kier alpha value is -2.96. The highest BCUT2D eigenvalue weighted by atomic mass is 16.2. The molecule has 3 aromatic heterocycles. The number of aryl methyl sites for hydroxylation is 2. The molecule has 0 bridgehead atoms. The zero-order valence-electron chi connectivity index (χ0n) is 16.6. The first kappa shape index (κ1) is 18.4. The zero-order valence-corrected chi connectivity index (χ0v) is 16.6. The number of likely N-dealkylation sites (tertiary alicyclic amines) is 1. The van der Waals surface area contributed by atoms with Crippen molar-refractivity contribution in [1.82, 2.24) is 29.9 Å². The number of rotatable bonds is 5. The van der Waals surface area contributed by atoms with Crippen molar-refractivity contribution in [3.05, 3.63) is 53.4 Å². The average molecular weight is 378 g/mol. The summed E-state index contributed by atoms with van der Waals surface area (Å²) in [6, 6.07) is 3.99. The molecule has 7 heteroatoms. The number of hydrogen-bond acceptors (Lipinski definition) is 4. The fourth-order valence-corrected chi connectivity index (χ4v) is 4.03. The molecule has 1 N–H and O–H groups in total. The summed E-state index contributed by atoms with van der Waals surface area (Å²) in [7, 11) is 0. The zero-order chi connectivity index (χ0) is 19.7. The SMILES string of the molecule is Cc1nn(CCC(=O)N2CCCC2c2[nH]ncc2-c2ccncc2)c(C)c1C. The van der Waals surface area contributed by atoms with Crippen LogP contribution in [0.15, 0.2) is 30.7 Å². The molecule has 7 nitrogen and oxygen atoms in total. The van der Waals surface area contributed by atoms with Gasteiger partial charge in [0.2, 0.25) is 5.91 Å². The summed E-state index contributed by atoms with van der Waals surface area (Å²) in [5, 5.41) is 12.0. The van der Waals surface area contributed by atoms with Crippen LogP contribution in [-0.4, -0.2) is 42.3 Å². The van der Waals surface area contributed by atoms with Crippen molar-refractivity contribution in [3.8, 4) is 11.1 Å². The Morgan fingerprint density at radius 2 is 2.04 bits per heavy atom. The van der Waals surface area contributed by atoms with Crippen LogP contribution in [0, 0.1) is 20.8 Å². The van der Waals surface area contributed by atoms with E-state index >= 15 is 0 Å². The van der Waals surface area contributed by atoms with Crippen molar-refractivity contribution in [2.24, 2.45) is 0 Å². The highest BCUT2D eigenvalue weighted by Crippen LogP contribution is 2.36. The van der Waals surface area contributed by atoms with Crippen LogP contribution in [-0.2, 0) is 11.3 Å². The highest BCUT2D eigenvalue weighted by Gasteiger charge is 2.32. The maximum Gasteiger partial charge on any atom is 0.224 e. The molecule has 4 rings (SSSR count). The minimum absolute atomic E-state index is 0.0420. The quantitative estimate of drug-likeness (QED) is 0.738. The Balaban J connectivity index is 1.50. The van der Waals surface area contributed by atoms with E-state index in [4.69, 9.17) is 0 Å². The second-order valence-corrected chi connectivity index (χ2v) is 7.45. The van der Waals surface area contributed by atoms with E-state index in [1.54, 1.807) is 12.4 Å². The first-order valence-corrected chi connectivity index (χ1v) is 9.80. The van der Waals surface area contributed by atoms with Gasteiger partial charge in [-0.3, -0.25) is 19.6 Å². The normalized spacial score (nSPS) is 16.7. The van der Waals surface area contributed by atoms with Crippen LogP contribution < -0.4 is 0 Å². The van der Waals surface area contributed by atoms with Crippen LogP contribution in [0.4, 0.5) is 0 Å². The van der Waals surface area contributed by atoms with E-state index in [9.17, 15) is 4.79 Å². The molecule has 0 saturated carbocycles. The second-order valence-electron chi connectivity index (χ2n) is 7.45. The van der Waals surface area contributed by atoms with Gasteiger partial charge < -0.3 is 4.90 Å². The molecule has 0 aliphatic carbocycles. The third-order valence-corrected chi connectivity index (χ3v) is 5.85. The van der Waals surface area contributed by atoms with E-state index in [-0.39, 0.29) is 11.9 Å². The van der Waals surface area contributed by atoms with Crippen molar-refractivity contribution < 1.29 is 4.79 Å². The topological polar surface area (TPSA) is 79.7 Å². The van der Waals surface area contributed by atoms with Crippen LogP contribution in [0.5, 0.6) is 0 Å². The summed E-state index contributed by atoms with van der Waals surface area (Å²) in [6.45, 7) is 7.54. The molecule has 1 aliphatic rings. The molecule has 146 valence electrons. The molecule has 1 atom stereocenters. The number of pyridine rings is 1. The summed E-state index contributed by atoms with van der Waals surface area (Å²) in [5.74, 6) is 0.169. The fraction of sp³-hybridized carbons (Fsp3) is 0.429. The van der Waals surface area contributed by atoms with Gasteiger partial charge in [-0.1, -0.05) is 0 Å². The monoisotopic (exact) mass is 378 g/mol. The van der Waals surface area contributed by atoms with Gasteiger partial charge in [-0.15, -0.1) is 0 Å². The second kappa shape index (κ2) is 7.58. The predicted molar refractivity (Wildman–Crippen MR) is 107 cm³/mol. The third kappa shape index (κ3) is 3.32. The van der Waals surface area contributed by atoms with E-state index in [0.717, 1.165) is 47.6 Å². The molecule has 1 aliphatic heterocycles. The number of H-pyrrole nitrogens is 1. The largest absolute Gasteiger partial charge is 0.334 e. The smallest absolute Gasteiger partial charge is 0.224 e. The molecule has 1 saturated heterocycles. The standard InChI is InChI=1S/C21H26N6O/c1-14-15(2)25-27(16(14)3)12-8-20(28)26-11-4-5-19(26)21-18(13-23-24-21)17-6-9-22-10-7-17/h6-7,9-10,13,19H,4-5,8,11-12H2,1-3H3,(H,23,24). The van der Waals surface area contributed by atoms with Crippen LogP contribution in [0.1, 0.15) is 47.9 Å². The predicted octanol–water partition coefficient (Wildman–Crippen LogP) is 3.35. The summed E-state index contributed by atoms with van der Waals surface area (Å²) in [4.78, 5) is 19.1. The summed E-state index contributed by atoms with van der Waals surface area (Å²) in [6.07, 6.45) is 7.80. The van der Waals surface area contributed by atoms with Gasteiger partial charge in [0, 0.05) is 43.2 Å². The minimum atomic E-state index is 0.0420. The van der Waals surface area contributed by atoms with Gasteiger partial charge in [0.25, 0.3) is 0 Å². The maximum absolute atomic E-state index is 13.0. The lowest BCUT2D eigenvalue weighted by Crippen LogP contribution is -2.31. The number of nitrogens with one attached hydrogen (secondary N) is 1. The van der Waals surface area contributed by atoms with E-state index in [1.165, 1.54) is 5.56 Å². The van der Waals surface area contributed by atoms with E-state index in [2.05, 4.69) is 34.1 Å². The molecule has 4 heterocycles. The van der Waals surface area contributed by atoms with Crippen molar-refractivity contribution in [3.63, 3.8) is 0 Å². The van der Waals surface area contributed by atoms with Crippen molar-refractivity contribution >= 4 is 5.91 Å². The molecule has 28 heavy (non-hydrogen) atoms. The lowest BCUT2D eigenvalue weighted by molar-refractivity contribution is -0.132. The van der Waals surface area contributed by atoms with Gasteiger partial charge in [0.1, 0.15) is 0 Å². The number of aromatic nitrogens is 5. The lowest BCUT2D eigenvalue weighted by atomic mass is 10.0. The first-order valence-electron chi connectivity index (χ1n) is 9.80. The number of carbonyl (C=O) groups is 1. The number of nitrogens with zero attached hydrogens (tertiary/aromatic N) is 5. The fourth-order valence-electron chi connectivity index (χ4n) is 4.03. The molecular formula is C21H26N6O. The van der Waals surface area contributed by atoms with Crippen LogP contribution in [0.25, 0.3) is 11.1 Å². The van der Waals surface area contributed by atoms with Gasteiger partial charge in [-0.2, -0.15) is 10.2 Å². The number of carbonyl (C=O) groups excluding carboxylic acids is 1. The summed E-state index contributed by atoms with van der Waals surface area (Å²) < 4.78 is 1.95. The first-order chi connectivity index (χ1) is 13.6. The number of hydrogen-bond donors (Lipinski definition) is 1. The third-order valence-electron chi connectivity index (χ3n) is 5.85. The molecule has 0 radical (unpaired) electrons. The van der Waals surface area contributed by atoms with E-state index in [1.807, 2.05) is 34.8 Å². The van der Waals surface area contributed by atoms with E-state index < -0.39 is 0 Å². The van der Waals surface area contributed by atoms with Gasteiger partial charge >= 0.3 is 0 Å². The Morgan fingerprint density at radius 1 is 1.25 bits per heavy atom. The number of amides is 1. The lowest BCUT2D eigenvalue weighted by Gasteiger charge is -2.25. The molecule has 0 spiro atoms. The Kier molecular flexibility index (Phi) is 4.98. The highest BCUT2D eigenvalue weighted by molar-refractivity contribution is 5.77. The van der Waals surface area contributed by atoms with Crippen molar-refractivity contribution in [1.29, 1.82) is 0 Å². The van der Waals surface area contributed by atoms with E-state index in [0.29, 0.717) is 13.0 Å². The Labute approximate surface area is 164 Å². The molecule has 1 amide bonds. The number of aromatic amines is 1. The Morgan fingerprint density at radius 3 is 2.75 bits per heavy atom.